The van der Waals surface area contributed by atoms with Crippen LogP contribution in [0.4, 0.5) is 0 Å². The number of carbonyl (C=O) groups is 1. The molecule has 0 aromatic rings. The van der Waals surface area contributed by atoms with Crippen LogP contribution in [0.5, 0.6) is 0 Å². The quantitative estimate of drug-likeness (QED) is 0.446. The van der Waals surface area contributed by atoms with E-state index in [-0.39, 0.29) is 18.1 Å². The first-order chi connectivity index (χ1) is 14.1. The Morgan fingerprint density at radius 1 is 1.07 bits per heavy atom. The number of amides is 1. The molecule has 0 radical (unpaired) electrons. The minimum Gasteiger partial charge on any atom is -0.339 e. The standard InChI is InChI=1S/C22H42N6O/c1-15-4-2-5-16-14-18(25-21(15)16)22(29)27-19-6-3-7-20(26-19)28-12-8-17(9-13-28)24-11-10-23/h15-21,24-26H,2-14,23H2,1H3,(H,27,29). The highest BCUT2D eigenvalue weighted by molar-refractivity contribution is 5.82. The lowest BCUT2D eigenvalue weighted by Crippen LogP contribution is -2.61. The van der Waals surface area contributed by atoms with Crippen molar-refractivity contribution >= 4 is 5.91 Å². The molecule has 1 saturated carbocycles. The molecule has 29 heavy (non-hydrogen) atoms. The highest BCUT2D eigenvalue weighted by Gasteiger charge is 2.42. The highest BCUT2D eigenvalue weighted by atomic mass is 16.2. The monoisotopic (exact) mass is 406 g/mol. The molecule has 6 unspecified atom stereocenters. The number of rotatable bonds is 6. The Hall–Kier alpha value is -0.730. The zero-order chi connectivity index (χ0) is 20.2. The second kappa shape index (κ2) is 10.1. The summed E-state index contributed by atoms with van der Waals surface area (Å²) in [5.41, 5.74) is 5.61. The number of piperidine rings is 2. The molecule has 0 spiro atoms. The van der Waals surface area contributed by atoms with Gasteiger partial charge in [-0.15, -0.1) is 0 Å². The number of fused-ring (bicyclic) bond motifs is 1. The van der Waals surface area contributed by atoms with Crippen LogP contribution in [-0.2, 0) is 4.79 Å². The van der Waals surface area contributed by atoms with E-state index in [4.69, 9.17) is 5.73 Å². The van der Waals surface area contributed by atoms with E-state index in [1.54, 1.807) is 0 Å². The van der Waals surface area contributed by atoms with Gasteiger partial charge in [-0.3, -0.25) is 15.0 Å². The zero-order valence-corrected chi connectivity index (χ0v) is 18.2. The van der Waals surface area contributed by atoms with E-state index in [0.717, 1.165) is 32.5 Å². The Labute approximate surface area is 176 Å². The van der Waals surface area contributed by atoms with Crippen molar-refractivity contribution in [3.05, 3.63) is 0 Å². The molecule has 7 heteroatoms. The fourth-order valence-corrected chi connectivity index (χ4v) is 6.17. The van der Waals surface area contributed by atoms with E-state index in [1.165, 1.54) is 44.9 Å². The van der Waals surface area contributed by atoms with Crippen LogP contribution >= 0.6 is 0 Å². The van der Waals surface area contributed by atoms with Gasteiger partial charge in [0.15, 0.2) is 0 Å². The lowest BCUT2D eigenvalue weighted by Gasteiger charge is -2.42. The maximum absolute atomic E-state index is 12.9. The Morgan fingerprint density at radius 3 is 2.62 bits per heavy atom. The van der Waals surface area contributed by atoms with Crippen LogP contribution in [0.25, 0.3) is 0 Å². The molecule has 1 aliphatic carbocycles. The van der Waals surface area contributed by atoms with Gasteiger partial charge in [-0.2, -0.15) is 0 Å². The zero-order valence-electron chi connectivity index (χ0n) is 18.2. The second-order valence-electron chi connectivity index (χ2n) is 9.88. The summed E-state index contributed by atoms with van der Waals surface area (Å²) >= 11 is 0. The van der Waals surface area contributed by atoms with E-state index in [2.05, 4.69) is 33.1 Å². The largest absolute Gasteiger partial charge is 0.339 e. The number of likely N-dealkylation sites (tertiary alicyclic amines) is 1. The first-order valence-electron chi connectivity index (χ1n) is 12.1. The lowest BCUT2D eigenvalue weighted by molar-refractivity contribution is -0.124. The molecule has 6 N–H and O–H groups in total. The Kier molecular flexibility index (Phi) is 7.45. The third-order valence-corrected chi connectivity index (χ3v) is 7.83. The van der Waals surface area contributed by atoms with Crippen LogP contribution in [0.2, 0.25) is 0 Å². The van der Waals surface area contributed by atoms with Crippen molar-refractivity contribution in [2.75, 3.05) is 26.2 Å². The number of hydrogen-bond acceptors (Lipinski definition) is 6. The summed E-state index contributed by atoms with van der Waals surface area (Å²) < 4.78 is 0. The van der Waals surface area contributed by atoms with Crippen molar-refractivity contribution in [1.29, 1.82) is 0 Å². The molecule has 4 aliphatic rings. The summed E-state index contributed by atoms with van der Waals surface area (Å²) in [5, 5.41) is 14.3. The van der Waals surface area contributed by atoms with E-state index >= 15 is 0 Å². The summed E-state index contributed by atoms with van der Waals surface area (Å²) in [7, 11) is 0. The van der Waals surface area contributed by atoms with E-state index in [1.807, 2.05) is 0 Å². The van der Waals surface area contributed by atoms with Crippen molar-refractivity contribution in [3.63, 3.8) is 0 Å². The van der Waals surface area contributed by atoms with Gasteiger partial charge in [0.2, 0.25) is 5.91 Å². The molecule has 4 fully saturated rings. The fourth-order valence-electron chi connectivity index (χ4n) is 6.17. The van der Waals surface area contributed by atoms with Crippen molar-refractivity contribution in [2.45, 2.75) is 95.2 Å². The van der Waals surface area contributed by atoms with Crippen LogP contribution in [0, 0.1) is 11.8 Å². The van der Waals surface area contributed by atoms with Crippen molar-refractivity contribution in [1.82, 2.24) is 26.2 Å². The van der Waals surface area contributed by atoms with Gasteiger partial charge >= 0.3 is 0 Å². The predicted octanol–water partition coefficient (Wildman–Crippen LogP) is 0.708. The molecule has 3 aliphatic heterocycles. The highest BCUT2D eigenvalue weighted by Crippen LogP contribution is 2.36. The molecule has 7 nitrogen and oxygen atoms in total. The summed E-state index contributed by atoms with van der Waals surface area (Å²) in [4.78, 5) is 15.5. The molecule has 0 aromatic heterocycles. The van der Waals surface area contributed by atoms with E-state index in [0.29, 0.717) is 36.6 Å². The van der Waals surface area contributed by atoms with E-state index < -0.39 is 0 Å². The number of nitrogens with zero attached hydrogens (tertiary/aromatic N) is 1. The topological polar surface area (TPSA) is 94.5 Å². The molecule has 0 aromatic carbocycles. The first kappa shape index (κ1) is 21.5. The van der Waals surface area contributed by atoms with Crippen LogP contribution in [-0.4, -0.2) is 67.4 Å². The average Bonchev–Trinajstić information content (AvgIpc) is 3.19. The van der Waals surface area contributed by atoms with Gasteiger partial charge in [0.1, 0.15) is 0 Å². The molecule has 4 rings (SSSR count). The van der Waals surface area contributed by atoms with Gasteiger partial charge in [0.25, 0.3) is 0 Å². The molecule has 0 bridgehead atoms. The van der Waals surface area contributed by atoms with Gasteiger partial charge in [-0.05, 0) is 63.2 Å². The van der Waals surface area contributed by atoms with Gasteiger partial charge < -0.3 is 21.7 Å². The molecule has 1 amide bonds. The molecular weight excluding hydrogens is 364 g/mol. The van der Waals surface area contributed by atoms with Gasteiger partial charge in [0.05, 0.1) is 18.4 Å². The number of nitrogens with two attached hydrogens (primary N) is 1. The third-order valence-electron chi connectivity index (χ3n) is 7.83. The molecule has 6 atom stereocenters. The lowest BCUT2D eigenvalue weighted by atomic mass is 9.78. The second-order valence-corrected chi connectivity index (χ2v) is 9.88. The summed E-state index contributed by atoms with van der Waals surface area (Å²) in [6.45, 7) is 6.20. The third kappa shape index (κ3) is 5.31. The first-order valence-corrected chi connectivity index (χ1v) is 12.1. The van der Waals surface area contributed by atoms with Crippen molar-refractivity contribution in [3.8, 4) is 0 Å². The smallest absolute Gasteiger partial charge is 0.238 e. The maximum atomic E-state index is 12.9. The van der Waals surface area contributed by atoms with Crippen LogP contribution in [0.1, 0.15) is 64.7 Å². The van der Waals surface area contributed by atoms with Crippen LogP contribution < -0.4 is 27.0 Å². The normalized spacial score (nSPS) is 39.2. The van der Waals surface area contributed by atoms with Gasteiger partial charge in [0, 0.05) is 38.3 Å². The van der Waals surface area contributed by atoms with Gasteiger partial charge in [-0.25, -0.2) is 0 Å². The minimum absolute atomic E-state index is 0.00269. The molecule has 3 saturated heterocycles. The van der Waals surface area contributed by atoms with Crippen molar-refractivity contribution in [2.24, 2.45) is 17.6 Å². The maximum Gasteiger partial charge on any atom is 0.238 e. The molecule has 166 valence electrons. The Balaban J connectivity index is 1.22. The fraction of sp³-hybridized carbons (Fsp3) is 0.955. The molecular formula is C22H42N6O. The average molecular weight is 407 g/mol. The van der Waals surface area contributed by atoms with E-state index in [9.17, 15) is 4.79 Å². The van der Waals surface area contributed by atoms with Gasteiger partial charge in [-0.1, -0.05) is 13.3 Å². The Bertz CT molecular complexity index is 537. The van der Waals surface area contributed by atoms with Crippen LogP contribution in [0.15, 0.2) is 0 Å². The predicted molar refractivity (Wildman–Crippen MR) is 116 cm³/mol. The SMILES string of the molecule is CC1CCCC2CC(C(=O)NC3CCCC(N4CCC(NCCN)CC4)N3)NC12. The van der Waals surface area contributed by atoms with Crippen LogP contribution in [0.3, 0.4) is 0 Å². The molecule has 3 heterocycles. The number of nitrogens with one attached hydrogen (secondary N) is 4. The number of hydrogen-bond donors (Lipinski definition) is 5. The Morgan fingerprint density at radius 2 is 1.86 bits per heavy atom. The van der Waals surface area contributed by atoms with Crippen molar-refractivity contribution < 1.29 is 4.79 Å². The summed E-state index contributed by atoms with van der Waals surface area (Å²) in [5.74, 6) is 1.59. The minimum atomic E-state index is -0.00269. The summed E-state index contributed by atoms with van der Waals surface area (Å²) in [6.07, 6.45) is 11.2. The summed E-state index contributed by atoms with van der Waals surface area (Å²) in [6, 6.07) is 1.14. The number of carbonyl (C=O) groups excluding carboxylic acids is 1.